The van der Waals surface area contributed by atoms with E-state index in [4.69, 9.17) is 4.74 Å². The van der Waals surface area contributed by atoms with Gasteiger partial charge in [-0.15, -0.1) is 0 Å². The lowest BCUT2D eigenvalue weighted by molar-refractivity contribution is -0.105. The lowest BCUT2D eigenvalue weighted by Gasteiger charge is -2.12. The van der Waals surface area contributed by atoms with Gasteiger partial charge < -0.3 is 20.4 Å². The fourth-order valence-corrected chi connectivity index (χ4v) is 4.79. The van der Waals surface area contributed by atoms with Gasteiger partial charge in [0, 0.05) is 12.7 Å². The van der Waals surface area contributed by atoms with Gasteiger partial charge in [0.25, 0.3) is 5.91 Å². The van der Waals surface area contributed by atoms with E-state index in [9.17, 15) is 18.0 Å². The maximum atomic E-state index is 12.9. The molecule has 2 heterocycles. The number of aromatic amines is 1. The summed E-state index contributed by atoms with van der Waals surface area (Å²) in [5.74, 6) is -0.172. The largest absolute Gasteiger partial charge is 0.492 e. The van der Waals surface area contributed by atoms with Gasteiger partial charge in [0.2, 0.25) is 16.4 Å². The van der Waals surface area contributed by atoms with Crippen LogP contribution in [-0.2, 0) is 27.1 Å². The molecule has 2 amide bonds. The number of H-pyrrole nitrogens is 1. The molecule has 0 aliphatic heterocycles. The zero-order valence-electron chi connectivity index (χ0n) is 19.3. The number of ether oxygens (including phenoxy) is 1. The molecule has 0 unspecified atom stereocenters. The van der Waals surface area contributed by atoms with Crippen molar-refractivity contribution >= 4 is 44.7 Å². The Morgan fingerprint density at radius 2 is 1.89 bits per heavy atom. The minimum Gasteiger partial charge on any atom is -0.492 e. The second-order valence-electron chi connectivity index (χ2n) is 7.70. The van der Waals surface area contributed by atoms with Gasteiger partial charge in [0.1, 0.15) is 17.6 Å². The molecule has 12 heteroatoms. The standard InChI is InChI=1S/C24H24N6O5S/c1-2-35-20-9-8-17(10-18(20)29-15-31)11-26-24(32)23-22-21(27-14-28-23)19(12-25-22)30-36(33,34)13-16-6-4-3-5-7-16/h3-10,12,14-15,25,30H,2,11,13H2,1H3,(H,26,32)(H,29,31). The van der Waals surface area contributed by atoms with Crippen LogP contribution in [0.4, 0.5) is 11.4 Å². The van der Waals surface area contributed by atoms with Gasteiger partial charge in [-0.25, -0.2) is 18.4 Å². The highest BCUT2D eigenvalue weighted by Crippen LogP contribution is 2.26. The normalized spacial score (nSPS) is 11.1. The van der Waals surface area contributed by atoms with Crippen LogP contribution in [0.25, 0.3) is 11.0 Å². The predicted octanol–water partition coefficient (Wildman–Crippen LogP) is 2.80. The maximum absolute atomic E-state index is 12.9. The number of carbonyl (C=O) groups excluding carboxylic acids is 2. The van der Waals surface area contributed by atoms with Gasteiger partial charge in [-0.3, -0.25) is 14.3 Å². The summed E-state index contributed by atoms with van der Waals surface area (Å²) in [5, 5.41) is 5.35. The third-order valence-electron chi connectivity index (χ3n) is 5.15. The van der Waals surface area contributed by atoms with Crippen molar-refractivity contribution < 1.29 is 22.7 Å². The number of aromatic nitrogens is 3. The average Bonchev–Trinajstić information content (AvgIpc) is 3.26. The van der Waals surface area contributed by atoms with Crippen molar-refractivity contribution in [3.8, 4) is 5.75 Å². The molecule has 0 saturated carbocycles. The Bertz CT molecular complexity index is 1490. The first-order valence-corrected chi connectivity index (χ1v) is 12.7. The van der Waals surface area contributed by atoms with Crippen LogP contribution < -0.4 is 20.1 Å². The van der Waals surface area contributed by atoms with Crippen LogP contribution >= 0.6 is 0 Å². The van der Waals surface area contributed by atoms with E-state index in [0.717, 1.165) is 5.56 Å². The van der Waals surface area contributed by atoms with Crippen molar-refractivity contribution in [2.24, 2.45) is 0 Å². The molecule has 0 aliphatic rings. The number of sulfonamides is 1. The smallest absolute Gasteiger partial charge is 0.272 e. The minimum absolute atomic E-state index is 0.0608. The summed E-state index contributed by atoms with van der Waals surface area (Å²) in [6.45, 7) is 2.43. The van der Waals surface area contributed by atoms with Crippen LogP contribution in [0, 0.1) is 0 Å². The van der Waals surface area contributed by atoms with Crippen molar-refractivity contribution in [2.45, 2.75) is 19.2 Å². The molecular weight excluding hydrogens is 484 g/mol. The van der Waals surface area contributed by atoms with E-state index >= 15 is 0 Å². The Balaban J connectivity index is 1.49. The molecule has 11 nitrogen and oxygen atoms in total. The monoisotopic (exact) mass is 508 g/mol. The van der Waals surface area contributed by atoms with E-state index in [2.05, 4.69) is 30.3 Å². The van der Waals surface area contributed by atoms with Gasteiger partial charge in [-0.1, -0.05) is 36.4 Å². The van der Waals surface area contributed by atoms with Crippen LogP contribution in [0.15, 0.2) is 61.1 Å². The van der Waals surface area contributed by atoms with Crippen LogP contribution in [0.1, 0.15) is 28.5 Å². The Morgan fingerprint density at radius 1 is 1.08 bits per heavy atom. The van der Waals surface area contributed by atoms with Gasteiger partial charge in [0.15, 0.2) is 5.69 Å². The zero-order chi connectivity index (χ0) is 25.5. The SMILES string of the molecule is CCOc1ccc(CNC(=O)c2ncnc3c(NS(=O)(=O)Cc4ccccc4)c[nH]c23)cc1NC=O. The van der Waals surface area contributed by atoms with Gasteiger partial charge >= 0.3 is 0 Å². The molecule has 0 spiro atoms. The Morgan fingerprint density at radius 3 is 2.64 bits per heavy atom. The van der Waals surface area contributed by atoms with Gasteiger partial charge in [0.05, 0.1) is 29.3 Å². The van der Waals surface area contributed by atoms with Crippen LogP contribution in [0.3, 0.4) is 0 Å². The lowest BCUT2D eigenvalue weighted by Crippen LogP contribution is -2.24. The first-order valence-electron chi connectivity index (χ1n) is 11.0. The molecule has 36 heavy (non-hydrogen) atoms. The number of nitrogens with zero attached hydrogens (tertiary/aromatic N) is 2. The number of fused-ring (bicyclic) bond motifs is 1. The second kappa shape index (κ2) is 10.9. The van der Waals surface area contributed by atoms with E-state index in [1.807, 2.05) is 13.0 Å². The number of nitrogens with one attached hydrogen (secondary N) is 4. The zero-order valence-corrected chi connectivity index (χ0v) is 20.1. The molecule has 4 aromatic rings. The first kappa shape index (κ1) is 24.7. The van der Waals surface area contributed by atoms with Crippen molar-refractivity contribution in [3.63, 3.8) is 0 Å². The molecule has 0 atom stereocenters. The molecule has 0 saturated heterocycles. The van der Waals surface area contributed by atoms with E-state index in [1.54, 1.807) is 42.5 Å². The Labute approximate surface area is 207 Å². The summed E-state index contributed by atoms with van der Waals surface area (Å²) < 4.78 is 33.3. The maximum Gasteiger partial charge on any atom is 0.272 e. The lowest BCUT2D eigenvalue weighted by atomic mass is 10.1. The first-order chi connectivity index (χ1) is 17.4. The van der Waals surface area contributed by atoms with E-state index in [-0.39, 0.29) is 29.2 Å². The number of amides is 2. The molecule has 0 aliphatic carbocycles. The number of carbonyl (C=O) groups is 2. The Kier molecular flexibility index (Phi) is 7.44. The minimum atomic E-state index is -3.72. The van der Waals surface area contributed by atoms with Gasteiger partial charge in [-0.05, 0) is 30.2 Å². The molecular formula is C24H24N6O5S. The topological polar surface area (TPSA) is 155 Å². The molecule has 2 aromatic heterocycles. The third-order valence-corrected chi connectivity index (χ3v) is 6.40. The number of hydrogen-bond acceptors (Lipinski definition) is 7. The molecule has 0 bridgehead atoms. The van der Waals surface area contributed by atoms with Crippen molar-refractivity contribution in [1.82, 2.24) is 20.3 Å². The average molecular weight is 509 g/mol. The summed E-state index contributed by atoms with van der Waals surface area (Å²) in [7, 11) is -3.72. The molecule has 4 rings (SSSR count). The summed E-state index contributed by atoms with van der Waals surface area (Å²) >= 11 is 0. The highest BCUT2D eigenvalue weighted by atomic mass is 32.2. The summed E-state index contributed by atoms with van der Waals surface area (Å²) in [6.07, 6.45) is 3.18. The molecule has 186 valence electrons. The second-order valence-corrected chi connectivity index (χ2v) is 9.43. The number of anilines is 2. The van der Waals surface area contributed by atoms with Crippen LogP contribution in [0.5, 0.6) is 5.75 Å². The third kappa shape index (κ3) is 5.78. The highest BCUT2D eigenvalue weighted by molar-refractivity contribution is 7.91. The summed E-state index contributed by atoms with van der Waals surface area (Å²) in [5.41, 5.74) is 2.69. The number of benzene rings is 2. The van der Waals surface area contributed by atoms with E-state index in [1.165, 1.54) is 12.5 Å². The van der Waals surface area contributed by atoms with E-state index < -0.39 is 15.9 Å². The predicted molar refractivity (Wildman–Crippen MR) is 135 cm³/mol. The fourth-order valence-electron chi connectivity index (χ4n) is 3.60. The number of rotatable bonds is 11. The van der Waals surface area contributed by atoms with Crippen molar-refractivity contribution in [2.75, 3.05) is 16.6 Å². The summed E-state index contributed by atoms with van der Waals surface area (Å²) in [6, 6.07) is 14.0. The van der Waals surface area contributed by atoms with Crippen molar-refractivity contribution in [1.29, 1.82) is 0 Å². The quantitative estimate of drug-likeness (QED) is 0.227. The molecule has 0 fully saturated rings. The fraction of sp³-hybridized carbons (Fsp3) is 0.167. The number of hydrogen-bond donors (Lipinski definition) is 4. The molecule has 2 aromatic carbocycles. The van der Waals surface area contributed by atoms with E-state index in [0.29, 0.717) is 35.5 Å². The highest BCUT2D eigenvalue weighted by Gasteiger charge is 2.19. The van der Waals surface area contributed by atoms with Crippen molar-refractivity contribution in [3.05, 3.63) is 77.9 Å². The summed E-state index contributed by atoms with van der Waals surface area (Å²) in [4.78, 5) is 34.9. The molecule has 0 radical (unpaired) electrons. The Hall–Kier alpha value is -4.45. The van der Waals surface area contributed by atoms with Crippen LogP contribution in [-0.4, -0.2) is 42.3 Å². The molecule has 4 N–H and O–H groups in total. The van der Waals surface area contributed by atoms with Crippen LogP contribution in [0.2, 0.25) is 0 Å². The van der Waals surface area contributed by atoms with Gasteiger partial charge in [-0.2, -0.15) is 0 Å².